The number of hydrogen-bond acceptors (Lipinski definition) is 5. The van der Waals surface area contributed by atoms with Crippen molar-refractivity contribution in [3.05, 3.63) is 29.8 Å². The largest absolute Gasteiger partial charge is 1.00 e. The predicted molar refractivity (Wildman–Crippen MR) is 47.7 cm³/mol. The molecule has 0 atom stereocenters. The van der Waals surface area contributed by atoms with Crippen molar-refractivity contribution < 1.29 is 64.4 Å². The SMILES string of the molecule is O=C(O)C(=O)O.O=C([O-])c1ccccc1O.[Na+]. The molecule has 0 amide bonds. The van der Waals surface area contributed by atoms with Crippen molar-refractivity contribution in [1.29, 1.82) is 0 Å². The Morgan fingerprint density at radius 2 is 1.41 bits per heavy atom. The molecule has 0 spiro atoms. The molecule has 0 bridgehead atoms. The van der Waals surface area contributed by atoms with Gasteiger partial charge < -0.3 is 25.2 Å². The van der Waals surface area contributed by atoms with Gasteiger partial charge in [-0.25, -0.2) is 9.59 Å². The van der Waals surface area contributed by atoms with Crippen LogP contribution < -0.4 is 34.7 Å². The fourth-order valence-corrected chi connectivity index (χ4v) is 0.646. The van der Waals surface area contributed by atoms with Crippen molar-refractivity contribution in [1.82, 2.24) is 0 Å². The molecule has 0 fully saturated rings. The fourth-order valence-electron chi connectivity index (χ4n) is 0.646. The summed E-state index contributed by atoms with van der Waals surface area (Å²) in [5, 5.41) is 33.8. The van der Waals surface area contributed by atoms with Crippen molar-refractivity contribution >= 4 is 17.9 Å². The Bertz CT molecular complexity index is 404. The molecule has 7 nitrogen and oxygen atoms in total. The number of carboxylic acid groups (broad SMARTS) is 3. The number of carbonyl (C=O) groups excluding carboxylic acids is 1. The van der Waals surface area contributed by atoms with Gasteiger partial charge in [-0.15, -0.1) is 0 Å². The normalized spacial score (nSPS) is 8.00. The van der Waals surface area contributed by atoms with Gasteiger partial charge in [0.05, 0.1) is 5.97 Å². The van der Waals surface area contributed by atoms with Gasteiger partial charge in [0.1, 0.15) is 5.75 Å². The summed E-state index contributed by atoms with van der Waals surface area (Å²) in [6.45, 7) is 0. The third kappa shape index (κ3) is 7.34. The van der Waals surface area contributed by atoms with E-state index in [1.165, 1.54) is 18.2 Å². The van der Waals surface area contributed by atoms with E-state index in [1.54, 1.807) is 6.07 Å². The zero-order valence-corrected chi connectivity index (χ0v) is 10.8. The maximum atomic E-state index is 10.2. The van der Waals surface area contributed by atoms with Crippen LogP contribution in [-0.4, -0.2) is 33.2 Å². The summed E-state index contributed by atoms with van der Waals surface area (Å²) >= 11 is 0. The average molecular weight is 250 g/mol. The minimum absolute atomic E-state index is 0. The summed E-state index contributed by atoms with van der Waals surface area (Å²) in [6.07, 6.45) is 0. The van der Waals surface area contributed by atoms with Crippen LogP contribution in [-0.2, 0) is 9.59 Å². The van der Waals surface area contributed by atoms with E-state index >= 15 is 0 Å². The van der Waals surface area contributed by atoms with Gasteiger partial charge >= 0.3 is 41.5 Å². The van der Waals surface area contributed by atoms with Gasteiger partial charge in [0.15, 0.2) is 0 Å². The third-order valence-electron chi connectivity index (χ3n) is 1.31. The van der Waals surface area contributed by atoms with Crippen LogP contribution in [0.5, 0.6) is 5.75 Å². The van der Waals surface area contributed by atoms with Crippen LogP contribution in [0.25, 0.3) is 0 Å². The molecule has 1 rings (SSSR count). The molecule has 8 heteroatoms. The second kappa shape index (κ2) is 8.57. The monoisotopic (exact) mass is 250 g/mol. The van der Waals surface area contributed by atoms with Gasteiger partial charge in [0, 0.05) is 5.56 Å². The molecule has 17 heavy (non-hydrogen) atoms. The van der Waals surface area contributed by atoms with Crippen molar-refractivity contribution in [3.63, 3.8) is 0 Å². The topological polar surface area (TPSA) is 135 Å². The number of benzene rings is 1. The van der Waals surface area contributed by atoms with E-state index in [0.29, 0.717) is 0 Å². The standard InChI is InChI=1S/C7H6O3.C2H2O4.Na/c8-6-4-2-1-3-5(6)7(9)10;3-1(4)2(5)6;/h1-4,8H,(H,9,10);(H,3,4)(H,5,6);/q;;+1/p-1. The van der Waals surface area contributed by atoms with Gasteiger partial charge in [-0.3, -0.25) is 0 Å². The Morgan fingerprint density at radius 1 is 1.00 bits per heavy atom. The number of hydrogen-bond donors (Lipinski definition) is 3. The summed E-state index contributed by atoms with van der Waals surface area (Å²) < 4.78 is 0. The van der Waals surface area contributed by atoms with Crippen LogP contribution >= 0.6 is 0 Å². The van der Waals surface area contributed by atoms with E-state index in [9.17, 15) is 9.90 Å². The van der Waals surface area contributed by atoms with Crippen LogP contribution in [0.1, 0.15) is 10.4 Å². The summed E-state index contributed by atoms with van der Waals surface area (Å²) in [7, 11) is 0. The van der Waals surface area contributed by atoms with E-state index in [-0.39, 0.29) is 40.9 Å². The number of para-hydroxylation sites is 1. The molecular formula is C9H7NaO7. The average Bonchev–Trinajstić information content (AvgIpc) is 2.18. The van der Waals surface area contributed by atoms with E-state index in [4.69, 9.17) is 24.9 Å². The zero-order chi connectivity index (χ0) is 12.7. The van der Waals surface area contributed by atoms with Crippen LogP contribution in [0.15, 0.2) is 24.3 Å². The maximum absolute atomic E-state index is 10.2. The number of phenols is 1. The van der Waals surface area contributed by atoms with Gasteiger partial charge in [0.2, 0.25) is 0 Å². The first-order valence-corrected chi connectivity index (χ1v) is 3.81. The molecule has 0 aliphatic heterocycles. The summed E-state index contributed by atoms with van der Waals surface area (Å²) in [5.41, 5.74) is -0.178. The van der Waals surface area contributed by atoms with Gasteiger partial charge in [0.25, 0.3) is 0 Å². The van der Waals surface area contributed by atoms with Crippen molar-refractivity contribution in [3.8, 4) is 5.75 Å². The predicted octanol–water partition coefficient (Wildman–Crippen LogP) is -4.08. The van der Waals surface area contributed by atoms with Crippen molar-refractivity contribution in [2.24, 2.45) is 0 Å². The first kappa shape index (κ1) is 17.8. The number of carboxylic acids is 3. The van der Waals surface area contributed by atoms with Crippen molar-refractivity contribution in [2.45, 2.75) is 0 Å². The Kier molecular flexibility index (Phi) is 8.98. The molecule has 1 aromatic carbocycles. The number of aromatic carboxylic acids is 1. The Labute approximate surface area is 118 Å². The minimum Gasteiger partial charge on any atom is -0.545 e. The maximum Gasteiger partial charge on any atom is 1.00 e. The Morgan fingerprint density at radius 3 is 1.65 bits per heavy atom. The van der Waals surface area contributed by atoms with E-state index < -0.39 is 17.9 Å². The molecule has 0 radical (unpaired) electrons. The molecule has 0 aromatic heterocycles. The van der Waals surface area contributed by atoms with Crippen LogP contribution in [0.4, 0.5) is 0 Å². The Balaban J connectivity index is 0. The molecular weight excluding hydrogens is 243 g/mol. The zero-order valence-electron chi connectivity index (χ0n) is 8.78. The molecule has 0 aliphatic carbocycles. The van der Waals surface area contributed by atoms with E-state index in [1.807, 2.05) is 0 Å². The molecule has 0 aliphatic rings. The number of aliphatic carboxylic acids is 2. The quantitative estimate of drug-likeness (QED) is 0.340. The molecule has 0 heterocycles. The van der Waals surface area contributed by atoms with Gasteiger partial charge in [-0.05, 0) is 12.1 Å². The van der Waals surface area contributed by atoms with Crippen LogP contribution in [0.3, 0.4) is 0 Å². The van der Waals surface area contributed by atoms with Crippen LogP contribution in [0.2, 0.25) is 0 Å². The fraction of sp³-hybridized carbons (Fsp3) is 0. The molecule has 0 saturated carbocycles. The minimum atomic E-state index is -1.82. The molecule has 86 valence electrons. The second-order valence-corrected chi connectivity index (χ2v) is 2.41. The number of carbonyl (C=O) groups is 3. The summed E-state index contributed by atoms with van der Waals surface area (Å²) in [5.74, 6) is -5.27. The summed E-state index contributed by atoms with van der Waals surface area (Å²) in [4.78, 5) is 28.3. The molecule has 0 unspecified atom stereocenters. The number of aromatic hydroxyl groups is 1. The third-order valence-corrected chi connectivity index (χ3v) is 1.31. The Hall–Kier alpha value is -1.57. The van der Waals surface area contributed by atoms with Crippen molar-refractivity contribution in [2.75, 3.05) is 0 Å². The van der Waals surface area contributed by atoms with Gasteiger partial charge in [-0.1, -0.05) is 12.1 Å². The first-order chi connectivity index (χ1) is 7.36. The van der Waals surface area contributed by atoms with E-state index in [0.717, 1.165) is 0 Å². The molecule has 3 N–H and O–H groups in total. The molecule has 0 saturated heterocycles. The number of rotatable bonds is 1. The van der Waals surface area contributed by atoms with Gasteiger partial charge in [-0.2, -0.15) is 0 Å². The summed E-state index contributed by atoms with van der Waals surface area (Å²) in [6, 6.07) is 5.64. The molecule has 1 aromatic rings. The first-order valence-electron chi connectivity index (χ1n) is 3.81. The van der Waals surface area contributed by atoms with E-state index in [2.05, 4.69) is 0 Å². The van der Waals surface area contributed by atoms with Crippen LogP contribution in [0, 0.1) is 0 Å². The smallest absolute Gasteiger partial charge is 0.545 e. The second-order valence-electron chi connectivity index (χ2n) is 2.41.